The molecule has 1 N–H and O–H groups in total. The van der Waals surface area contributed by atoms with Crippen LogP contribution in [-0.4, -0.2) is 29.9 Å². The van der Waals surface area contributed by atoms with Crippen LogP contribution in [0.4, 0.5) is 0 Å². The van der Waals surface area contributed by atoms with Gasteiger partial charge in [-0.25, -0.2) is 0 Å². The molecule has 0 bridgehead atoms. The average Bonchev–Trinajstić information content (AvgIpc) is 2.84. The van der Waals surface area contributed by atoms with Gasteiger partial charge in [0.2, 0.25) is 0 Å². The van der Waals surface area contributed by atoms with Gasteiger partial charge >= 0.3 is 0 Å². The lowest BCUT2D eigenvalue weighted by molar-refractivity contribution is -0.116. The lowest BCUT2D eigenvalue weighted by atomic mass is 10.4. The monoisotopic (exact) mass is 219 g/mol. The molecule has 1 amide bonds. The second-order valence-electron chi connectivity index (χ2n) is 3.00. The number of epoxide rings is 1. The molecule has 2 aliphatic heterocycles. The highest BCUT2D eigenvalue weighted by atomic mass is 35.5. The molecule has 3 nitrogen and oxygen atoms in total. The number of hydrogen-bond donors (Lipinski definition) is 1. The summed E-state index contributed by atoms with van der Waals surface area (Å²) in [5.41, 5.74) is 0. The van der Waals surface area contributed by atoms with Gasteiger partial charge in [0.1, 0.15) is 0 Å². The zero-order chi connectivity index (χ0) is 9.26. The van der Waals surface area contributed by atoms with Gasteiger partial charge in [0.05, 0.1) is 22.3 Å². The van der Waals surface area contributed by atoms with Crippen molar-refractivity contribution in [2.24, 2.45) is 0 Å². The first-order valence-corrected chi connectivity index (χ1v) is 5.48. The third-order valence-electron chi connectivity index (χ3n) is 1.86. The molecule has 0 aromatic carbocycles. The highest BCUT2D eigenvalue weighted by Gasteiger charge is 2.25. The standard InChI is InChI=1S/C8H10ClNO2S/c9-7-2-1-6(13-7)8(11)10-3-5-4-12-5/h1,5,7H,2-4H2,(H,10,11). The first-order valence-electron chi connectivity index (χ1n) is 4.16. The van der Waals surface area contributed by atoms with Gasteiger partial charge in [-0.1, -0.05) is 6.08 Å². The van der Waals surface area contributed by atoms with Crippen molar-refractivity contribution >= 4 is 29.3 Å². The van der Waals surface area contributed by atoms with E-state index in [1.807, 2.05) is 6.08 Å². The van der Waals surface area contributed by atoms with Crippen LogP contribution in [0.15, 0.2) is 11.0 Å². The van der Waals surface area contributed by atoms with Crippen molar-refractivity contribution < 1.29 is 9.53 Å². The van der Waals surface area contributed by atoms with Crippen molar-refractivity contribution in [2.75, 3.05) is 13.2 Å². The number of thioether (sulfide) groups is 1. The van der Waals surface area contributed by atoms with Gasteiger partial charge in [-0.3, -0.25) is 4.79 Å². The Morgan fingerprint density at radius 3 is 3.15 bits per heavy atom. The van der Waals surface area contributed by atoms with Crippen molar-refractivity contribution in [1.82, 2.24) is 5.32 Å². The molecule has 2 atom stereocenters. The van der Waals surface area contributed by atoms with Gasteiger partial charge in [-0.15, -0.1) is 23.4 Å². The molecule has 1 fully saturated rings. The number of allylic oxidation sites excluding steroid dienone is 1. The zero-order valence-electron chi connectivity index (χ0n) is 6.96. The lowest BCUT2D eigenvalue weighted by Crippen LogP contribution is -2.27. The summed E-state index contributed by atoms with van der Waals surface area (Å²) in [6.45, 7) is 1.38. The van der Waals surface area contributed by atoms with Crippen molar-refractivity contribution in [1.29, 1.82) is 0 Å². The van der Waals surface area contributed by atoms with Crippen LogP contribution in [-0.2, 0) is 9.53 Å². The van der Waals surface area contributed by atoms with Crippen LogP contribution in [0.2, 0.25) is 0 Å². The summed E-state index contributed by atoms with van der Waals surface area (Å²) < 4.78 is 5.00. The second-order valence-corrected chi connectivity index (χ2v) is 5.03. The van der Waals surface area contributed by atoms with Crippen LogP contribution in [0.3, 0.4) is 0 Å². The number of ether oxygens (including phenoxy) is 1. The molecule has 0 spiro atoms. The van der Waals surface area contributed by atoms with Gasteiger partial charge in [0.25, 0.3) is 5.91 Å². The summed E-state index contributed by atoms with van der Waals surface area (Å²) in [6, 6.07) is 0. The molecule has 5 heteroatoms. The van der Waals surface area contributed by atoms with Crippen LogP contribution in [0, 0.1) is 0 Å². The Bertz CT molecular complexity index is 253. The van der Waals surface area contributed by atoms with Crippen LogP contribution >= 0.6 is 23.4 Å². The Hall–Kier alpha value is -0.190. The maximum absolute atomic E-state index is 11.4. The number of rotatable bonds is 3. The van der Waals surface area contributed by atoms with E-state index in [0.29, 0.717) is 6.54 Å². The van der Waals surface area contributed by atoms with Crippen LogP contribution in [0.25, 0.3) is 0 Å². The molecule has 0 radical (unpaired) electrons. The minimum absolute atomic E-state index is 0.0244. The van der Waals surface area contributed by atoms with E-state index in [1.54, 1.807) is 0 Å². The highest BCUT2D eigenvalue weighted by Crippen LogP contribution is 2.34. The lowest BCUT2D eigenvalue weighted by Gasteiger charge is -2.03. The molecule has 2 unspecified atom stereocenters. The summed E-state index contributed by atoms with van der Waals surface area (Å²) in [6.07, 6.45) is 2.89. The molecule has 2 aliphatic rings. The molecular weight excluding hydrogens is 210 g/mol. The van der Waals surface area contributed by atoms with Crippen LogP contribution in [0.1, 0.15) is 6.42 Å². The zero-order valence-corrected chi connectivity index (χ0v) is 8.53. The molecule has 13 heavy (non-hydrogen) atoms. The number of amides is 1. The maximum Gasteiger partial charge on any atom is 0.257 e. The van der Waals surface area contributed by atoms with Crippen LogP contribution in [0.5, 0.6) is 0 Å². The van der Waals surface area contributed by atoms with Crippen molar-refractivity contribution in [3.05, 3.63) is 11.0 Å². The Morgan fingerprint density at radius 2 is 2.62 bits per heavy atom. The third-order valence-corrected chi connectivity index (χ3v) is 3.36. The van der Waals surface area contributed by atoms with Crippen molar-refractivity contribution in [2.45, 2.75) is 17.2 Å². The minimum atomic E-state index is -0.0244. The molecule has 2 rings (SSSR count). The molecular formula is C8H10ClNO2S. The predicted octanol–water partition coefficient (Wildman–Crippen LogP) is 1.09. The van der Waals surface area contributed by atoms with E-state index < -0.39 is 0 Å². The van der Waals surface area contributed by atoms with Crippen molar-refractivity contribution in [3.63, 3.8) is 0 Å². The average molecular weight is 220 g/mol. The third kappa shape index (κ3) is 2.62. The molecule has 2 heterocycles. The predicted molar refractivity (Wildman–Crippen MR) is 52.7 cm³/mol. The number of nitrogens with one attached hydrogen (secondary N) is 1. The minimum Gasteiger partial charge on any atom is -0.371 e. The van der Waals surface area contributed by atoms with Gasteiger partial charge in [-0.05, 0) is 6.42 Å². The molecule has 0 aliphatic carbocycles. The number of carbonyl (C=O) groups is 1. The topological polar surface area (TPSA) is 41.6 Å². The smallest absolute Gasteiger partial charge is 0.257 e. The highest BCUT2D eigenvalue weighted by molar-refractivity contribution is 8.05. The fourth-order valence-electron chi connectivity index (χ4n) is 1.06. The molecule has 72 valence electrons. The van der Waals surface area contributed by atoms with E-state index in [2.05, 4.69) is 5.32 Å². The first-order chi connectivity index (χ1) is 6.25. The van der Waals surface area contributed by atoms with Gasteiger partial charge in [0, 0.05) is 6.54 Å². The Kier molecular flexibility index (Phi) is 2.81. The van der Waals surface area contributed by atoms with Gasteiger partial charge in [0.15, 0.2) is 0 Å². The molecule has 0 saturated carbocycles. The van der Waals surface area contributed by atoms with E-state index in [0.717, 1.165) is 17.9 Å². The maximum atomic E-state index is 11.4. The SMILES string of the molecule is O=C(NCC1CO1)C1=CCC(Cl)S1. The van der Waals surface area contributed by atoms with Gasteiger partial charge < -0.3 is 10.1 Å². The summed E-state index contributed by atoms with van der Waals surface area (Å²) in [5, 5.41) is 2.80. The molecule has 1 saturated heterocycles. The normalized spacial score (nSPS) is 31.3. The molecule has 0 aromatic heterocycles. The number of hydrogen-bond acceptors (Lipinski definition) is 3. The quantitative estimate of drug-likeness (QED) is 0.571. The van der Waals surface area contributed by atoms with E-state index in [1.165, 1.54) is 11.8 Å². The Labute approximate surface area is 85.8 Å². The fourth-order valence-corrected chi connectivity index (χ4v) is 2.28. The Morgan fingerprint density at radius 1 is 1.85 bits per heavy atom. The largest absolute Gasteiger partial charge is 0.371 e. The number of carbonyl (C=O) groups excluding carboxylic acids is 1. The van der Waals surface area contributed by atoms with E-state index in [-0.39, 0.29) is 16.7 Å². The fraction of sp³-hybridized carbons (Fsp3) is 0.625. The van der Waals surface area contributed by atoms with Gasteiger partial charge in [-0.2, -0.15) is 0 Å². The summed E-state index contributed by atoms with van der Waals surface area (Å²) >= 11 is 7.25. The van der Waals surface area contributed by atoms with E-state index >= 15 is 0 Å². The summed E-state index contributed by atoms with van der Waals surface area (Å²) in [5.74, 6) is -0.0244. The number of alkyl halides is 1. The van der Waals surface area contributed by atoms with E-state index in [9.17, 15) is 4.79 Å². The summed E-state index contributed by atoms with van der Waals surface area (Å²) in [4.78, 5) is 12.1. The summed E-state index contributed by atoms with van der Waals surface area (Å²) in [7, 11) is 0. The molecule has 0 aromatic rings. The second kappa shape index (κ2) is 3.90. The Balaban J connectivity index is 1.76. The first kappa shape index (κ1) is 9.37. The van der Waals surface area contributed by atoms with Crippen molar-refractivity contribution in [3.8, 4) is 0 Å². The van der Waals surface area contributed by atoms with E-state index in [4.69, 9.17) is 16.3 Å². The number of halogens is 1. The van der Waals surface area contributed by atoms with Crippen LogP contribution < -0.4 is 5.32 Å².